The van der Waals surface area contributed by atoms with Crippen LogP contribution in [0.3, 0.4) is 0 Å². The third-order valence-corrected chi connectivity index (χ3v) is 5.80. The first-order chi connectivity index (χ1) is 11.1. The van der Waals surface area contributed by atoms with Crippen molar-refractivity contribution in [3.8, 4) is 0 Å². The van der Waals surface area contributed by atoms with Gasteiger partial charge in [-0.25, -0.2) is 4.68 Å². The second-order valence-electron chi connectivity index (χ2n) is 7.49. The first kappa shape index (κ1) is 15.5. The van der Waals surface area contributed by atoms with Crippen LogP contribution in [0.2, 0.25) is 0 Å². The molecule has 0 aromatic carbocycles. The van der Waals surface area contributed by atoms with Gasteiger partial charge in [-0.3, -0.25) is 0 Å². The molecule has 1 aliphatic carbocycles. The maximum atomic E-state index is 5.85. The van der Waals surface area contributed by atoms with Gasteiger partial charge in [0.2, 0.25) is 0 Å². The van der Waals surface area contributed by atoms with Crippen LogP contribution in [0.1, 0.15) is 32.0 Å². The van der Waals surface area contributed by atoms with E-state index in [4.69, 9.17) is 14.2 Å². The van der Waals surface area contributed by atoms with Crippen molar-refractivity contribution in [2.24, 2.45) is 11.3 Å². The highest BCUT2D eigenvalue weighted by atomic mass is 16.5. The highest BCUT2D eigenvalue weighted by Crippen LogP contribution is 2.52. The third-order valence-electron chi connectivity index (χ3n) is 5.80. The molecule has 23 heavy (non-hydrogen) atoms. The van der Waals surface area contributed by atoms with Crippen molar-refractivity contribution < 1.29 is 14.2 Å². The molecule has 1 saturated carbocycles. The Morgan fingerprint density at radius 2 is 2.30 bits per heavy atom. The molecule has 2 saturated heterocycles. The Balaban J connectivity index is 1.37. The van der Waals surface area contributed by atoms with Crippen molar-refractivity contribution in [3.63, 3.8) is 0 Å². The zero-order chi connectivity index (χ0) is 16.0. The van der Waals surface area contributed by atoms with Crippen molar-refractivity contribution in [3.05, 3.63) is 11.9 Å². The quantitative estimate of drug-likeness (QED) is 0.863. The van der Waals surface area contributed by atoms with Gasteiger partial charge in [-0.15, -0.1) is 5.10 Å². The summed E-state index contributed by atoms with van der Waals surface area (Å²) in [5.74, 6) is 0.640. The van der Waals surface area contributed by atoms with E-state index in [-0.39, 0.29) is 17.6 Å². The highest BCUT2D eigenvalue weighted by Gasteiger charge is 2.58. The summed E-state index contributed by atoms with van der Waals surface area (Å²) in [6.45, 7) is 7.45. The van der Waals surface area contributed by atoms with E-state index in [1.54, 1.807) is 7.11 Å². The number of hydrogen-bond donors (Lipinski definition) is 1. The van der Waals surface area contributed by atoms with Gasteiger partial charge in [-0.2, -0.15) is 0 Å². The predicted octanol–water partition coefficient (Wildman–Crippen LogP) is 0.768. The fraction of sp³-hybridized carbons (Fsp3) is 0.875. The fourth-order valence-corrected chi connectivity index (χ4v) is 4.50. The van der Waals surface area contributed by atoms with Crippen LogP contribution in [0.4, 0.5) is 0 Å². The number of fused-ring (bicyclic) bond motifs is 1. The van der Waals surface area contributed by atoms with Gasteiger partial charge in [0.25, 0.3) is 0 Å². The van der Waals surface area contributed by atoms with Crippen LogP contribution >= 0.6 is 0 Å². The molecular weight excluding hydrogens is 296 g/mol. The maximum Gasteiger partial charge on any atom is 0.105 e. The maximum absolute atomic E-state index is 5.85. The minimum atomic E-state index is 0.0551. The van der Waals surface area contributed by atoms with Crippen molar-refractivity contribution in [2.75, 3.05) is 26.9 Å². The van der Waals surface area contributed by atoms with Gasteiger partial charge in [0.1, 0.15) is 12.1 Å². The average Bonchev–Trinajstić information content (AvgIpc) is 3.26. The zero-order valence-electron chi connectivity index (χ0n) is 14.1. The second-order valence-corrected chi connectivity index (χ2v) is 7.49. The van der Waals surface area contributed by atoms with Crippen molar-refractivity contribution in [1.82, 2.24) is 20.3 Å². The van der Waals surface area contributed by atoms with Gasteiger partial charge in [0.15, 0.2) is 0 Å². The van der Waals surface area contributed by atoms with E-state index in [1.165, 1.54) is 0 Å². The number of ether oxygens (including phenoxy) is 3. The molecular formula is C16H26N4O3. The lowest BCUT2D eigenvalue weighted by molar-refractivity contribution is -0.113. The number of nitrogens with zero attached hydrogens (tertiary/aromatic N) is 3. The Morgan fingerprint density at radius 1 is 1.43 bits per heavy atom. The number of aromatic nitrogens is 3. The van der Waals surface area contributed by atoms with Crippen molar-refractivity contribution >= 4 is 0 Å². The molecule has 0 spiro atoms. The van der Waals surface area contributed by atoms with E-state index in [9.17, 15) is 0 Å². The predicted molar refractivity (Wildman–Crippen MR) is 82.9 cm³/mol. The number of methoxy groups -OCH3 is 1. The van der Waals surface area contributed by atoms with Crippen molar-refractivity contribution in [1.29, 1.82) is 0 Å². The van der Waals surface area contributed by atoms with E-state index < -0.39 is 0 Å². The van der Waals surface area contributed by atoms with Gasteiger partial charge in [0, 0.05) is 37.6 Å². The Bertz CT molecular complexity index is 561. The van der Waals surface area contributed by atoms with E-state index in [1.807, 2.05) is 10.9 Å². The van der Waals surface area contributed by atoms with Crippen LogP contribution in [0.5, 0.6) is 0 Å². The van der Waals surface area contributed by atoms with Crippen LogP contribution in [0, 0.1) is 11.3 Å². The molecule has 1 aromatic heterocycles. The molecule has 4 rings (SSSR count). The minimum absolute atomic E-state index is 0.0551. The molecule has 3 fully saturated rings. The molecule has 1 unspecified atom stereocenters. The standard InChI is InChI=1S/C16H26N4O3/c1-16(2)14(11-4-5-23-15(11)16)17-6-10-7-20(19-18-10)12-8-22-9-13(12)21-3/h7,11-15,17H,4-6,8-9H2,1-3H3/t11-,12+,13+,14?,15-/m0/s1. The number of nitrogens with one attached hydrogen (secondary N) is 1. The Labute approximate surface area is 136 Å². The largest absolute Gasteiger partial charge is 0.377 e. The zero-order valence-corrected chi connectivity index (χ0v) is 14.1. The van der Waals surface area contributed by atoms with E-state index in [0.717, 1.165) is 25.3 Å². The minimum Gasteiger partial charge on any atom is -0.377 e. The summed E-state index contributed by atoms with van der Waals surface area (Å²) in [7, 11) is 1.71. The smallest absolute Gasteiger partial charge is 0.105 e. The summed E-state index contributed by atoms with van der Waals surface area (Å²) in [6.07, 6.45) is 3.63. The van der Waals surface area contributed by atoms with Gasteiger partial charge < -0.3 is 19.5 Å². The molecule has 2 aliphatic heterocycles. The SMILES string of the molecule is CO[C@@H]1COC[C@H]1n1cc(CNC2[C@@H]3CCO[C@@H]3C2(C)C)nn1. The van der Waals surface area contributed by atoms with Crippen molar-refractivity contribution in [2.45, 2.75) is 51.1 Å². The fourth-order valence-electron chi connectivity index (χ4n) is 4.50. The number of hydrogen-bond acceptors (Lipinski definition) is 6. The van der Waals surface area contributed by atoms with Crippen LogP contribution in [-0.2, 0) is 20.8 Å². The van der Waals surface area contributed by atoms with Crippen LogP contribution in [0.15, 0.2) is 6.20 Å². The van der Waals surface area contributed by atoms with Crippen LogP contribution in [-0.4, -0.2) is 60.2 Å². The van der Waals surface area contributed by atoms with E-state index in [2.05, 4.69) is 29.5 Å². The summed E-state index contributed by atoms with van der Waals surface area (Å²) >= 11 is 0. The van der Waals surface area contributed by atoms with Crippen LogP contribution < -0.4 is 5.32 Å². The van der Waals surface area contributed by atoms with Gasteiger partial charge >= 0.3 is 0 Å². The average molecular weight is 322 g/mol. The van der Waals surface area contributed by atoms with Gasteiger partial charge in [-0.1, -0.05) is 19.1 Å². The van der Waals surface area contributed by atoms with E-state index in [0.29, 0.717) is 31.3 Å². The normalized spacial score (nSPS) is 38.5. The monoisotopic (exact) mass is 322 g/mol. The molecule has 0 amide bonds. The summed E-state index contributed by atoms with van der Waals surface area (Å²) in [6, 6.07) is 0.607. The lowest BCUT2D eigenvalue weighted by Gasteiger charge is -2.54. The van der Waals surface area contributed by atoms with E-state index >= 15 is 0 Å². The number of rotatable bonds is 5. The third kappa shape index (κ3) is 2.50. The molecule has 7 nitrogen and oxygen atoms in total. The summed E-state index contributed by atoms with van der Waals surface area (Å²) in [5.41, 5.74) is 1.15. The lowest BCUT2D eigenvalue weighted by Crippen LogP contribution is -2.65. The topological polar surface area (TPSA) is 70.4 Å². The lowest BCUT2D eigenvalue weighted by atomic mass is 9.57. The Hall–Kier alpha value is -1.02. The second kappa shape index (κ2) is 5.81. The molecule has 0 radical (unpaired) electrons. The van der Waals surface area contributed by atoms with Gasteiger partial charge in [-0.05, 0) is 6.42 Å². The molecule has 3 aliphatic rings. The highest BCUT2D eigenvalue weighted by molar-refractivity contribution is 5.12. The Kier molecular flexibility index (Phi) is 3.91. The summed E-state index contributed by atoms with van der Waals surface area (Å²) < 4.78 is 18.7. The molecule has 7 heteroatoms. The molecule has 1 N–H and O–H groups in total. The molecule has 128 valence electrons. The molecule has 3 heterocycles. The Morgan fingerprint density at radius 3 is 3.13 bits per heavy atom. The molecule has 5 atom stereocenters. The molecule has 1 aromatic rings. The first-order valence-corrected chi connectivity index (χ1v) is 8.47. The first-order valence-electron chi connectivity index (χ1n) is 8.47. The summed E-state index contributed by atoms with van der Waals surface area (Å²) in [5, 5.41) is 12.2. The van der Waals surface area contributed by atoms with Gasteiger partial charge in [0.05, 0.1) is 31.2 Å². The van der Waals surface area contributed by atoms with Crippen LogP contribution in [0.25, 0.3) is 0 Å². The molecule has 0 bridgehead atoms. The summed E-state index contributed by atoms with van der Waals surface area (Å²) in [4.78, 5) is 0.